The highest BCUT2D eigenvalue weighted by Crippen LogP contribution is 2.35. The maximum absolute atomic E-state index is 13.2. The number of benzene rings is 2. The second-order valence-electron chi connectivity index (χ2n) is 8.86. The predicted octanol–water partition coefficient (Wildman–Crippen LogP) is 4.19. The van der Waals surface area contributed by atoms with Crippen LogP contribution < -0.4 is 15.3 Å². The fourth-order valence-corrected chi connectivity index (χ4v) is 4.72. The lowest BCUT2D eigenvalue weighted by Gasteiger charge is -2.38. The smallest absolute Gasteiger partial charge is 0.336 e. The summed E-state index contributed by atoms with van der Waals surface area (Å²) in [5.74, 6) is 0.751. The van der Waals surface area contributed by atoms with Gasteiger partial charge in [0.15, 0.2) is 6.10 Å². The van der Waals surface area contributed by atoms with E-state index in [1.807, 2.05) is 42.2 Å². The summed E-state index contributed by atoms with van der Waals surface area (Å²) in [6.07, 6.45) is 2.71. The second kappa shape index (κ2) is 8.34. The van der Waals surface area contributed by atoms with Crippen molar-refractivity contribution in [1.29, 1.82) is 0 Å². The van der Waals surface area contributed by atoms with Crippen molar-refractivity contribution in [3.8, 4) is 5.75 Å². The van der Waals surface area contributed by atoms with Gasteiger partial charge in [-0.2, -0.15) is 0 Å². The topological polar surface area (TPSA) is 63.0 Å². The molecular formula is C26H28N2O4. The molecule has 0 N–H and O–H groups in total. The number of fused-ring (bicyclic) bond motifs is 2. The minimum atomic E-state index is -0.557. The summed E-state index contributed by atoms with van der Waals surface area (Å²) in [5.41, 5.74) is 4.28. The molecule has 1 fully saturated rings. The van der Waals surface area contributed by atoms with Crippen molar-refractivity contribution in [2.75, 3.05) is 24.5 Å². The Morgan fingerprint density at radius 2 is 1.78 bits per heavy atom. The number of nitrogens with zero attached hydrogens (tertiary/aromatic N) is 2. The molecule has 0 spiro atoms. The van der Waals surface area contributed by atoms with Crippen LogP contribution in [0.4, 0.5) is 5.69 Å². The van der Waals surface area contributed by atoms with Gasteiger partial charge in [0.25, 0.3) is 5.91 Å². The van der Waals surface area contributed by atoms with Crippen LogP contribution in [0, 0.1) is 13.8 Å². The number of rotatable bonds is 3. The van der Waals surface area contributed by atoms with Crippen molar-refractivity contribution in [1.82, 2.24) is 4.90 Å². The molecule has 5 rings (SSSR count). The number of piperidine rings is 1. The van der Waals surface area contributed by atoms with Gasteiger partial charge in [0, 0.05) is 31.1 Å². The van der Waals surface area contributed by atoms with Crippen molar-refractivity contribution in [2.45, 2.75) is 45.8 Å². The third-order valence-corrected chi connectivity index (χ3v) is 6.61. The summed E-state index contributed by atoms with van der Waals surface area (Å²) >= 11 is 0. The quantitative estimate of drug-likeness (QED) is 0.581. The highest BCUT2D eigenvalue weighted by Gasteiger charge is 2.34. The zero-order valence-corrected chi connectivity index (χ0v) is 18.6. The van der Waals surface area contributed by atoms with Gasteiger partial charge in [-0.25, -0.2) is 4.79 Å². The number of amides is 1. The number of anilines is 1. The first-order valence-electron chi connectivity index (χ1n) is 11.3. The molecule has 6 nitrogen and oxygen atoms in total. The van der Waals surface area contributed by atoms with E-state index < -0.39 is 6.10 Å². The number of carbonyl (C=O) groups excluding carboxylic acids is 1. The van der Waals surface area contributed by atoms with E-state index >= 15 is 0 Å². The number of hydrogen-bond acceptors (Lipinski definition) is 5. The molecule has 1 saturated heterocycles. The summed E-state index contributed by atoms with van der Waals surface area (Å²) in [6.45, 7) is 6.60. The van der Waals surface area contributed by atoms with Gasteiger partial charge in [-0.1, -0.05) is 12.1 Å². The Balaban J connectivity index is 1.50. The van der Waals surface area contributed by atoms with E-state index in [2.05, 4.69) is 17.9 Å². The lowest BCUT2D eigenvalue weighted by Crippen LogP contribution is -2.51. The molecule has 166 valence electrons. The normalized spacial score (nSPS) is 18.4. The van der Waals surface area contributed by atoms with Gasteiger partial charge in [-0.15, -0.1) is 0 Å². The van der Waals surface area contributed by atoms with Crippen LogP contribution in [-0.2, 0) is 11.3 Å². The molecular weight excluding hydrogens is 404 g/mol. The van der Waals surface area contributed by atoms with Gasteiger partial charge < -0.3 is 19.0 Å². The Morgan fingerprint density at radius 3 is 2.59 bits per heavy atom. The van der Waals surface area contributed by atoms with Gasteiger partial charge >= 0.3 is 5.63 Å². The average Bonchev–Trinajstić information content (AvgIpc) is 2.80. The van der Waals surface area contributed by atoms with E-state index in [1.165, 1.54) is 6.42 Å². The summed E-state index contributed by atoms with van der Waals surface area (Å²) in [4.78, 5) is 29.6. The van der Waals surface area contributed by atoms with E-state index in [0.717, 1.165) is 53.7 Å². The molecule has 1 amide bonds. The highest BCUT2D eigenvalue weighted by molar-refractivity contribution is 5.84. The molecule has 0 radical (unpaired) electrons. The van der Waals surface area contributed by atoms with Gasteiger partial charge in [-0.05, 0) is 74.1 Å². The molecule has 2 aliphatic rings. The zero-order valence-electron chi connectivity index (χ0n) is 18.6. The summed E-state index contributed by atoms with van der Waals surface area (Å²) in [5, 5.41) is 0.926. The minimum absolute atomic E-state index is 0.0492. The fourth-order valence-electron chi connectivity index (χ4n) is 4.72. The number of ether oxygens (including phenoxy) is 1. The maximum Gasteiger partial charge on any atom is 0.336 e. The Kier molecular flexibility index (Phi) is 5.37. The van der Waals surface area contributed by atoms with Gasteiger partial charge in [0.2, 0.25) is 0 Å². The number of aryl methyl sites for hydroxylation is 2. The first kappa shape index (κ1) is 20.6. The molecule has 0 unspecified atom stereocenters. The Labute approximate surface area is 187 Å². The third-order valence-electron chi connectivity index (χ3n) is 6.61. The van der Waals surface area contributed by atoms with Crippen LogP contribution in [0.1, 0.15) is 36.0 Å². The molecule has 0 bridgehead atoms. The number of likely N-dealkylation sites (tertiary alicyclic amines) is 1. The van der Waals surface area contributed by atoms with E-state index in [4.69, 9.17) is 9.15 Å². The Morgan fingerprint density at radius 1 is 1.03 bits per heavy atom. The molecule has 3 heterocycles. The van der Waals surface area contributed by atoms with E-state index in [1.54, 1.807) is 6.07 Å². The average molecular weight is 433 g/mol. The first-order valence-corrected chi connectivity index (χ1v) is 11.3. The Hall–Kier alpha value is -3.28. The fraction of sp³-hybridized carbons (Fsp3) is 0.385. The van der Waals surface area contributed by atoms with Crippen molar-refractivity contribution in [3.05, 3.63) is 69.6 Å². The molecule has 2 aromatic carbocycles. The van der Waals surface area contributed by atoms with Crippen LogP contribution in [0.25, 0.3) is 11.0 Å². The number of carbonyl (C=O) groups is 1. The largest absolute Gasteiger partial charge is 0.477 e. The third kappa shape index (κ3) is 3.85. The molecule has 1 atom stereocenters. The van der Waals surface area contributed by atoms with Crippen molar-refractivity contribution < 1.29 is 13.9 Å². The maximum atomic E-state index is 13.2. The second-order valence-corrected chi connectivity index (χ2v) is 8.86. The molecule has 0 saturated carbocycles. The summed E-state index contributed by atoms with van der Waals surface area (Å²) in [6, 6.07) is 13.4. The van der Waals surface area contributed by atoms with E-state index in [9.17, 15) is 9.59 Å². The molecule has 32 heavy (non-hydrogen) atoms. The lowest BCUT2D eigenvalue weighted by atomic mass is 10.0. The van der Waals surface area contributed by atoms with Crippen molar-refractivity contribution in [2.24, 2.45) is 0 Å². The SMILES string of the molecule is Cc1cc2oc(=O)cc(CN3C[C@H](C(=O)N4CCCCC4)Oc4ccccc43)c2cc1C. The molecule has 1 aromatic heterocycles. The number of hydrogen-bond donors (Lipinski definition) is 0. The van der Waals surface area contributed by atoms with Crippen molar-refractivity contribution >= 4 is 22.6 Å². The van der Waals surface area contributed by atoms with Crippen LogP contribution in [-0.4, -0.2) is 36.5 Å². The monoisotopic (exact) mass is 432 g/mol. The van der Waals surface area contributed by atoms with Crippen LogP contribution >= 0.6 is 0 Å². The zero-order chi connectivity index (χ0) is 22.2. The minimum Gasteiger partial charge on any atom is -0.477 e. The summed E-state index contributed by atoms with van der Waals surface area (Å²) in [7, 11) is 0. The summed E-state index contributed by atoms with van der Waals surface area (Å²) < 4.78 is 11.6. The lowest BCUT2D eigenvalue weighted by molar-refractivity contribution is -0.139. The van der Waals surface area contributed by atoms with Crippen molar-refractivity contribution in [3.63, 3.8) is 0 Å². The first-order chi connectivity index (χ1) is 15.5. The van der Waals surface area contributed by atoms with Gasteiger partial charge in [-0.3, -0.25) is 4.79 Å². The van der Waals surface area contributed by atoms with Crippen LogP contribution in [0.15, 0.2) is 51.7 Å². The van der Waals surface area contributed by atoms with Crippen LogP contribution in [0.3, 0.4) is 0 Å². The molecule has 6 heteroatoms. The standard InChI is InChI=1S/C26H28N2O4/c1-17-12-20-19(14-25(29)32-23(20)13-18(17)2)15-28-16-24(26(30)27-10-6-3-7-11-27)31-22-9-5-4-8-21(22)28/h4-5,8-9,12-14,24H,3,6-7,10-11,15-16H2,1-2H3/t24-/m1/s1. The van der Waals surface area contributed by atoms with E-state index in [0.29, 0.717) is 24.4 Å². The number of para-hydroxylation sites is 2. The highest BCUT2D eigenvalue weighted by atomic mass is 16.5. The molecule has 0 aliphatic carbocycles. The molecule has 3 aromatic rings. The predicted molar refractivity (Wildman–Crippen MR) is 124 cm³/mol. The van der Waals surface area contributed by atoms with Crippen LogP contribution in [0.5, 0.6) is 5.75 Å². The van der Waals surface area contributed by atoms with Crippen LogP contribution in [0.2, 0.25) is 0 Å². The Bertz CT molecular complexity index is 1230. The molecule has 2 aliphatic heterocycles. The van der Waals surface area contributed by atoms with Gasteiger partial charge in [0.05, 0.1) is 12.2 Å². The van der Waals surface area contributed by atoms with E-state index in [-0.39, 0.29) is 11.5 Å². The van der Waals surface area contributed by atoms with Gasteiger partial charge in [0.1, 0.15) is 11.3 Å².